The fourth-order valence-corrected chi connectivity index (χ4v) is 4.18. The van der Waals surface area contributed by atoms with E-state index in [1.807, 2.05) is 10.6 Å². The van der Waals surface area contributed by atoms with Crippen LogP contribution >= 0.6 is 0 Å². The van der Waals surface area contributed by atoms with E-state index >= 15 is 0 Å². The van der Waals surface area contributed by atoms with Gasteiger partial charge in [-0.3, -0.25) is 9.20 Å². The third-order valence-corrected chi connectivity index (χ3v) is 5.86. The molecule has 1 saturated carbocycles. The predicted octanol–water partition coefficient (Wildman–Crippen LogP) is 4.15. The molecule has 2 N–H and O–H groups in total. The van der Waals surface area contributed by atoms with Gasteiger partial charge in [-0.05, 0) is 49.9 Å². The molecule has 0 atom stereocenters. The van der Waals surface area contributed by atoms with Crippen molar-refractivity contribution in [1.82, 2.24) is 24.1 Å². The van der Waals surface area contributed by atoms with E-state index in [1.165, 1.54) is 4.40 Å². The molecule has 4 aromatic rings. The van der Waals surface area contributed by atoms with E-state index in [2.05, 4.69) is 20.6 Å². The second kappa shape index (κ2) is 7.85. The summed E-state index contributed by atoms with van der Waals surface area (Å²) in [7, 11) is 0. The van der Waals surface area contributed by atoms with E-state index < -0.39 is 11.9 Å². The minimum Gasteiger partial charge on any atom is -0.368 e. The van der Waals surface area contributed by atoms with E-state index in [0.29, 0.717) is 17.0 Å². The summed E-state index contributed by atoms with van der Waals surface area (Å²) in [5, 5.41) is 6.43. The maximum Gasteiger partial charge on any atom is 0.434 e. The topological polar surface area (TPSA) is 75.7 Å². The highest BCUT2D eigenvalue weighted by atomic mass is 19.4. The van der Waals surface area contributed by atoms with Crippen LogP contribution in [0.2, 0.25) is 0 Å². The zero-order valence-electron chi connectivity index (χ0n) is 17.0. The second-order valence-electron chi connectivity index (χ2n) is 8.04. The molecule has 5 rings (SSSR count). The molecule has 0 radical (unpaired) electrons. The van der Waals surface area contributed by atoms with Gasteiger partial charge in [-0.15, -0.1) is 0 Å². The van der Waals surface area contributed by atoms with Crippen molar-refractivity contribution in [3.05, 3.63) is 66.4 Å². The Morgan fingerprint density at radius 2 is 1.81 bits per heavy atom. The Balaban J connectivity index is 1.20. The van der Waals surface area contributed by atoms with Gasteiger partial charge in [-0.1, -0.05) is 6.07 Å². The van der Waals surface area contributed by atoms with E-state index in [1.54, 1.807) is 42.7 Å². The molecule has 1 aliphatic carbocycles. The SMILES string of the molecule is O=C(NC1CCC(Nc2cccc3nc(C(F)(F)F)cn23)CC1)c1ccn2ccnc2c1. The Bertz CT molecular complexity index is 1270. The van der Waals surface area contributed by atoms with Gasteiger partial charge in [-0.2, -0.15) is 13.2 Å². The molecule has 1 aliphatic rings. The summed E-state index contributed by atoms with van der Waals surface area (Å²) >= 11 is 0. The first-order chi connectivity index (χ1) is 15.4. The van der Waals surface area contributed by atoms with Gasteiger partial charge < -0.3 is 15.0 Å². The first kappa shape index (κ1) is 20.3. The number of amides is 1. The fraction of sp³-hybridized carbons (Fsp3) is 0.318. The van der Waals surface area contributed by atoms with Gasteiger partial charge in [0.15, 0.2) is 5.69 Å². The van der Waals surface area contributed by atoms with Gasteiger partial charge in [0, 0.05) is 42.4 Å². The zero-order valence-corrected chi connectivity index (χ0v) is 17.0. The summed E-state index contributed by atoms with van der Waals surface area (Å²) in [5.74, 6) is 0.445. The number of imidazole rings is 2. The van der Waals surface area contributed by atoms with E-state index in [9.17, 15) is 18.0 Å². The number of hydrogen-bond donors (Lipinski definition) is 2. The van der Waals surface area contributed by atoms with Crippen molar-refractivity contribution in [2.45, 2.75) is 43.9 Å². The van der Waals surface area contributed by atoms with Crippen molar-refractivity contribution in [3.63, 3.8) is 0 Å². The molecule has 10 heteroatoms. The van der Waals surface area contributed by atoms with E-state index in [-0.39, 0.29) is 23.6 Å². The molecule has 0 bridgehead atoms. The Labute approximate surface area is 181 Å². The van der Waals surface area contributed by atoms with Crippen LogP contribution in [0.1, 0.15) is 41.7 Å². The molecule has 166 valence electrons. The number of hydrogen-bond acceptors (Lipinski definition) is 4. The summed E-state index contributed by atoms with van der Waals surface area (Å²) in [4.78, 5) is 20.5. The third-order valence-electron chi connectivity index (χ3n) is 5.86. The quantitative estimate of drug-likeness (QED) is 0.498. The smallest absolute Gasteiger partial charge is 0.368 e. The summed E-state index contributed by atoms with van der Waals surface area (Å²) in [6.07, 6.45) is 4.98. The standard InChI is InChI=1S/C22H21F3N6O/c23-22(24,25)17-13-31-18(2-1-3-19(31)29-17)27-15-4-6-16(7-5-15)28-21(32)14-8-10-30-11-9-26-20(30)12-14/h1-3,8-13,15-16,27H,4-7H2,(H,28,32). The van der Waals surface area contributed by atoms with Gasteiger partial charge in [0.2, 0.25) is 0 Å². The second-order valence-corrected chi connectivity index (χ2v) is 8.04. The number of aromatic nitrogens is 4. The molecule has 4 heterocycles. The Morgan fingerprint density at radius 3 is 2.59 bits per heavy atom. The Morgan fingerprint density at radius 1 is 1.03 bits per heavy atom. The molecule has 32 heavy (non-hydrogen) atoms. The van der Waals surface area contributed by atoms with Crippen LogP contribution in [0.3, 0.4) is 0 Å². The van der Waals surface area contributed by atoms with Crippen LogP contribution in [-0.2, 0) is 6.18 Å². The predicted molar refractivity (Wildman–Crippen MR) is 113 cm³/mol. The lowest BCUT2D eigenvalue weighted by Gasteiger charge is -2.30. The van der Waals surface area contributed by atoms with Crippen LogP contribution in [0, 0.1) is 0 Å². The largest absolute Gasteiger partial charge is 0.434 e. The molecule has 4 aromatic heterocycles. The van der Waals surface area contributed by atoms with Crippen molar-refractivity contribution in [2.24, 2.45) is 0 Å². The van der Waals surface area contributed by atoms with Gasteiger partial charge >= 0.3 is 6.18 Å². The number of alkyl halides is 3. The number of halogens is 3. The number of fused-ring (bicyclic) bond motifs is 2. The van der Waals surface area contributed by atoms with Crippen LogP contribution in [0.5, 0.6) is 0 Å². The van der Waals surface area contributed by atoms with Gasteiger partial charge in [0.1, 0.15) is 17.1 Å². The normalized spacial score (nSPS) is 19.3. The van der Waals surface area contributed by atoms with Crippen molar-refractivity contribution >= 4 is 23.0 Å². The maximum absolute atomic E-state index is 13.0. The lowest BCUT2D eigenvalue weighted by atomic mass is 9.91. The lowest BCUT2D eigenvalue weighted by molar-refractivity contribution is -0.140. The summed E-state index contributed by atoms with van der Waals surface area (Å²) in [6.45, 7) is 0. The maximum atomic E-state index is 13.0. The van der Waals surface area contributed by atoms with Crippen LogP contribution in [0.15, 0.2) is 55.1 Å². The molecule has 0 unspecified atom stereocenters. The zero-order chi connectivity index (χ0) is 22.3. The number of carbonyl (C=O) groups excluding carboxylic acids is 1. The van der Waals surface area contributed by atoms with Crippen LogP contribution in [0.4, 0.5) is 19.0 Å². The summed E-state index contributed by atoms with van der Waals surface area (Å²) < 4.78 is 42.3. The molecule has 0 aromatic carbocycles. The van der Waals surface area contributed by atoms with Gasteiger partial charge in [0.05, 0.1) is 0 Å². The first-order valence-corrected chi connectivity index (χ1v) is 10.4. The fourth-order valence-electron chi connectivity index (χ4n) is 4.18. The number of rotatable bonds is 4. The van der Waals surface area contributed by atoms with Crippen molar-refractivity contribution in [2.75, 3.05) is 5.32 Å². The van der Waals surface area contributed by atoms with E-state index in [4.69, 9.17) is 0 Å². The minimum absolute atomic E-state index is 0.0531. The van der Waals surface area contributed by atoms with Crippen molar-refractivity contribution < 1.29 is 18.0 Å². The number of nitrogens with zero attached hydrogens (tertiary/aromatic N) is 4. The number of anilines is 1. The summed E-state index contributed by atoms with van der Waals surface area (Å²) in [6, 6.07) is 8.65. The molecule has 0 spiro atoms. The molecule has 7 nitrogen and oxygen atoms in total. The highest BCUT2D eigenvalue weighted by Gasteiger charge is 2.34. The Kier molecular flexibility index (Phi) is 4.99. The molecule has 1 amide bonds. The van der Waals surface area contributed by atoms with Gasteiger partial charge in [-0.25, -0.2) is 9.97 Å². The minimum atomic E-state index is -4.48. The Hall–Kier alpha value is -3.56. The molecule has 1 fully saturated rings. The molecule has 0 aliphatic heterocycles. The number of pyridine rings is 2. The third kappa shape index (κ3) is 4.00. The summed E-state index contributed by atoms with van der Waals surface area (Å²) in [5.41, 5.74) is 0.619. The highest BCUT2D eigenvalue weighted by Crippen LogP contribution is 2.30. The number of carbonyl (C=O) groups is 1. The van der Waals surface area contributed by atoms with Crippen LogP contribution < -0.4 is 10.6 Å². The number of nitrogens with one attached hydrogen (secondary N) is 2. The van der Waals surface area contributed by atoms with Crippen LogP contribution in [-0.4, -0.2) is 36.8 Å². The van der Waals surface area contributed by atoms with Crippen molar-refractivity contribution in [3.8, 4) is 0 Å². The molecular weight excluding hydrogens is 421 g/mol. The monoisotopic (exact) mass is 442 g/mol. The van der Waals surface area contributed by atoms with Crippen LogP contribution in [0.25, 0.3) is 11.3 Å². The molecule has 0 saturated heterocycles. The highest BCUT2D eigenvalue weighted by molar-refractivity contribution is 5.95. The van der Waals surface area contributed by atoms with Gasteiger partial charge in [0.25, 0.3) is 5.91 Å². The average Bonchev–Trinajstić information content (AvgIpc) is 3.42. The molecular formula is C22H21F3N6O. The first-order valence-electron chi connectivity index (χ1n) is 10.4. The lowest BCUT2D eigenvalue weighted by Crippen LogP contribution is -2.40. The van der Waals surface area contributed by atoms with Crippen molar-refractivity contribution in [1.29, 1.82) is 0 Å². The average molecular weight is 442 g/mol. The van der Waals surface area contributed by atoms with E-state index in [0.717, 1.165) is 31.9 Å².